The Balaban J connectivity index is 0.00000121. The number of para-hydroxylation sites is 1. The van der Waals surface area contributed by atoms with Gasteiger partial charge in [0.05, 0.1) is 0 Å². The van der Waals surface area contributed by atoms with Crippen molar-refractivity contribution in [1.29, 1.82) is 0 Å². The van der Waals surface area contributed by atoms with Crippen molar-refractivity contribution in [2.75, 3.05) is 6.61 Å². The highest BCUT2D eigenvalue weighted by molar-refractivity contribution is 5.80. The molecular weight excluding hydrogens is 212 g/mol. The first-order valence-corrected chi connectivity index (χ1v) is 6.17. The average molecular weight is 236 g/mol. The molecule has 1 aromatic rings. The van der Waals surface area contributed by atoms with Crippen molar-refractivity contribution < 1.29 is 9.53 Å². The highest BCUT2D eigenvalue weighted by atomic mass is 16.5. The molecule has 2 nitrogen and oxygen atoms in total. The summed E-state index contributed by atoms with van der Waals surface area (Å²) in [6.07, 6.45) is 0.555. The summed E-state index contributed by atoms with van der Waals surface area (Å²) < 4.78 is 5.36. The largest absolute Gasteiger partial charge is 0.486 e. The summed E-state index contributed by atoms with van der Waals surface area (Å²) in [5.74, 6) is 0.895. The number of rotatable bonds is 4. The van der Waals surface area contributed by atoms with Crippen LogP contribution in [0.15, 0.2) is 30.3 Å². The van der Waals surface area contributed by atoms with Crippen LogP contribution in [0.4, 0.5) is 0 Å². The second-order valence-electron chi connectivity index (χ2n) is 4.88. The van der Waals surface area contributed by atoms with E-state index in [4.69, 9.17) is 4.74 Å². The molecule has 0 atom stereocenters. The molecule has 2 heteroatoms. The van der Waals surface area contributed by atoms with Crippen LogP contribution < -0.4 is 4.74 Å². The molecule has 0 aliphatic rings. The van der Waals surface area contributed by atoms with E-state index in [1.54, 1.807) is 0 Å². The lowest BCUT2D eigenvalue weighted by molar-refractivity contribution is -0.122. The topological polar surface area (TPSA) is 26.3 Å². The normalized spacial score (nSPS) is 10.2. The molecule has 0 fully saturated rings. The van der Waals surface area contributed by atoms with Crippen LogP contribution in [0, 0.1) is 5.41 Å². The molecular formula is C15H24O2. The maximum Gasteiger partial charge on any atom is 0.170 e. The standard InChI is InChI=1S/C13H18O2.C2H6/c1-13(2,3)9-11(14)10-15-12-7-5-4-6-8-12;1-2/h4-8H,9-10H2,1-3H3;1-2H3. The molecule has 0 aromatic heterocycles. The van der Waals surface area contributed by atoms with Gasteiger partial charge in [0.25, 0.3) is 0 Å². The molecule has 0 amide bonds. The van der Waals surface area contributed by atoms with Gasteiger partial charge in [-0.1, -0.05) is 52.8 Å². The molecule has 0 spiro atoms. The van der Waals surface area contributed by atoms with E-state index in [0.717, 1.165) is 5.75 Å². The van der Waals surface area contributed by atoms with Gasteiger partial charge in [-0.2, -0.15) is 0 Å². The first-order chi connectivity index (χ1) is 7.97. The number of benzene rings is 1. The number of carbonyl (C=O) groups is 1. The summed E-state index contributed by atoms with van der Waals surface area (Å²) in [4.78, 5) is 11.5. The van der Waals surface area contributed by atoms with Crippen LogP contribution in [0.2, 0.25) is 0 Å². The molecule has 0 N–H and O–H groups in total. The van der Waals surface area contributed by atoms with Gasteiger partial charge in [0.1, 0.15) is 12.4 Å². The highest BCUT2D eigenvalue weighted by Crippen LogP contribution is 2.19. The van der Waals surface area contributed by atoms with E-state index in [1.165, 1.54) is 0 Å². The molecule has 17 heavy (non-hydrogen) atoms. The fourth-order valence-corrected chi connectivity index (χ4v) is 1.32. The van der Waals surface area contributed by atoms with Crippen molar-refractivity contribution in [3.05, 3.63) is 30.3 Å². The third kappa shape index (κ3) is 8.49. The SMILES string of the molecule is CC.CC(C)(C)CC(=O)COc1ccccc1. The van der Waals surface area contributed by atoms with Crippen LogP contribution in [0.25, 0.3) is 0 Å². The number of carbonyl (C=O) groups excluding carboxylic acids is 1. The molecule has 0 saturated heterocycles. The Kier molecular flexibility index (Phi) is 7.27. The Morgan fingerprint density at radius 1 is 1.12 bits per heavy atom. The van der Waals surface area contributed by atoms with E-state index < -0.39 is 0 Å². The Labute approximate surface area is 105 Å². The average Bonchev–Trinajstić information content (AvgIpc) is 2.28. The maximum atomic E-state index is 11.5. The number of Topliss-reactive ketones (excluding diaryl/α,β-unsaturated/α-hetero) is 1. The molecule has 0 bridgehead atoms. The van der Waals surface area contributed by atoms with Gasteiger partial charge in [-0.15, -0.1) is 0 Å². The van der Waals surface area contributed by atoms with E-state index in [1.807, 2.05) is 65.0 Å². The molecule has 0 unspecified atom stereocenters. The molecule has 0 aliphatic heterocycles. The molecule has 0 radical (unpaired) electrons. The zero-order valence-electron chi connectivity index (χ0n) is 11.6. The molecule has 0 aliphatic carbocycles. The Morgan fingerprint density at radius 3 is 2.12 bits per heavy atom. The summed E-state index contributed by atoms with van der Waals surface area (Å²) in [6.45, 7) is 10.3. The first-order valence-electron chi connectivity index (χ1n) is 6.17. The maximum absolute atomic E-state index is 11.5. The zero-order chi connectivity index (χ0) is 13.3. The van der Waals surface area contributed by atoms with Crippen LogP contribution in [0.1, 0.15) is 41.0 Å². The number of hydrogen-bond acceptors (Lipinski definition) is 2. The van der Waals surface area contributed by atoms with Gasteiger partial charge in [-0.3, -0.25) is 4.79 Å². The molecule has 0 heterocycles. The summed E-state index contributed by atoms with van der Waals surface area (Å²) in [7, 11) is 0. The van der Waals surface area contributed by atoms with Crippen LogP contribution in [0.3, 0.4) is 0 Å². The Morgan fingerprint density at radius 2 is 1.65 bits per heavy atom. The van der Waals surface area contributed by atoms with E-state index >= 15 is 0 Å². The fourth-order valence-electron chi connectivity index (χ4n) is 1.32. The van der Waals surface area contributed by atoms with Gasteiger partial charge in [-0.25, -0.2) is 0 Å². The van der Waals surface area contributed by atoms with E-state index in [0.29, 0.717) is 6.42 Å². The van der Waals surface area contributed by atoms with Crippen LogP contribution in [0.5, 0.6) is 5.75 Å². The smallest absolute Gasteiger partial charge is 0.170 e. The van der Waals surface area contributed by atoms with Crippen molar-refractivity contribution in [2.24, 2.45) is 5.41 Å². The summed E-state index contributed by atoms with van der Waals surface area (Å²) in [5, 5.41) is 0. The van der Waals surface area contributed by atoms with Gasteiger partial charge < -0.3 is 4.74 Å². The van der Waals surface area contributed by atoms with Crippen molar-refractivity contribution in [3.63, 3.8) is 0 Å². The van der Waals surface area contributed by atoms with Gasteiger partial charge in [0.2, 0.25) is 0 Å². The minimum Gasteiger partial charge on any atom is -0.486 e. The third-order valence-electron chi connectivity index (χ3n) is 1.87. The minimum absolute atomic E-state index is 0.0388. The zero-order valence-corrected chi connectivity index (χ0v) is 11.6. The molecule has 1 aromatic carbocycles. The van der Waals surface area contributed by atoms with Gasteiger partial charge in [0.15, 0.2) is 5.78 Å². The van der Waals surface area contributed by atoms with Gasteiger partial charge in [-0.05, 0) is 17.5 Å². The van der Waals surface area contributed by atoms with Crippen molar-refractivity contribution >= 4 is 5.78 Å². The number of hydrogen-bond donors (Lipinski definition) is 0. The molecule has 96 valence electrons. The quantitative estimate of drug-likeness (QED) is 0.786. The highest BCUT2D eigenvalue weighted by Gasteiger charge is 2.16. The molecule has 0 saturated carbocycles. The van der Waals surface area contributed by atoms with E-state index in [2.05, 4.69) is 0 Å². The summed E-state index contributed by atoms with van der Waals surface area (Å²) in [5.41, 5.74) is 0.0388. The lowest BCUT2D eigenvalue weighted by Crippen LogP contribution is -2.18. The Hall–Kier alpha value is -1.31. The van der Waals surface area contributed by atoms with Crippen LogP contribution >= 0.6 is 0 Å². The minimum atomic E-state index is 0.0388. The summed E-state index contributed by atoms with van der Waals surface area (Å²) >= 11 is 0. The number of ether oxygens (including phenoxy) is 1. The lowest BCUT2D eigenvalue weighted by atomic mass is 9.90. The number of ketones is 1. The van der Waals surface area contributed by atoms with Crippen LogP contribution in [-0.2, 0) is 4.79 Å². The van der Waals surface area contributed by atoms with Crippen LogP contribution in [-0.4, -0.2) is 12.4 Å². The van der Waals surface area contributed by atoms with Gasteiger partial charge >= 0.3 is 0 Å². The molecule has 1 rings (SSSR count). The predicted molar refractivity (Wildman–Crippen MR) is 72.4 cm³/mol. The van der Waals surface area contributed by atoms with E-state index in [9.17, 15) is 4.79 Å². The Bertz CT molecular complexity index is 309. The summed E-state index contributed by atoms with van der Waals surface area (Å²) in [6, 6.07) is 9.41. The first kappa shape index (κ1) is 15.7. The monoisotopic (exact) mass is 236 g/mol. The third-order valence-corrected chi connectivity index (χ3v) is 1.87. The lowest BCUT2D eigenvalue weighted by Gasteiger charge is -2.16. The second-order valence-corrected chi connectivity index (χ2v) is 4.88. The van der Waals surface area contributed by atoms with Crippen molar-refractivity contribution in [3.8, 4) is 5.75 Å². The van der Waals surface area contributed by atoms with E-state index in [-0.39, 0.29) is 17.8 Å². The van der Waals surface area contributed by atoms with Crippen molar-refractivity contribution in [1.82, 2.24) is 0 Å². The van der Waals surface area contributed by atoms with Crippen molar-refractivity contribution in [2.45, 2.75) is 41.0 Å². The second kappa shape index (κ2) is 7.88. The van der Waals surface area contributed by atoms with Gasteiger partial charge in [0, 0.05) is 6.42 Å². The predicted octanol–water partition coefficient (Wildman–Crippen LogP) is 4.10. The fraction of sp³-hybridized carbons (Fsp3) is 0.533.